The maximum Gasteiger partial charge on any atom is 0.110 e. The fourth-order valence-corrected chi connectivity index (χ4v) is 7.28. The molecule has 7 aromatic rings. The number of aromatic nitrogens is 2. The largest absolute Gasteiger partial charge is 0.301 e. The van der Waals surface area contributed by atoms with E-state index >= 15 is 0 Å². The van der Waals surface area contributed by atoms with Gasteiger partial charge in [0.15, 0.2) is 0 Å². The summed E-state index contributed by atoms with van der Waals surface area (Å²) in [7, 11) is 0. The van der Waals surface area contributed by atoms with Crippen LogP contribution in [-0.4, -0.2) is 9.55 Å². The number of para-hydroxylation sites is 1. The Morgan fingerprint density at radius 3 is 2.29 bits per heavy atom. The zero-order valence-electron chi connectivity index (χ0n) is 16.4. The van der Waals surface area contributed by atoms with Gasteiger partial charge >= 0.3 is 0 Å². The van der Waals surface area contributed by atoms with Gasteiger partial charge in [-0.15, -0.1) is 22.7 Å². The van der Waals surface area contributed by atoms with Gasteiger partial charge in [-0.05, 0) is 41.5 Å². The van der Waals surface area contributed by atoms with E-state index < -0.39 is 0 Å². The third-order valence-electron chi connectivity index (χ3n) is 5.95. The van der Waals surface area contributed by atoms with Crippen LogP contribution in [0.5, 0.6) is 0 Å². The summed E-state index contributed by atoms with van der Waals surface area (Å²) in [5, 5.41) is 5.47. The van der Waals surface area contributed by atoms with Gasteiger partial charge in [0.25, 0.3) is 0 Å². The SMILES string of the molecule is c1cncc(-c2ccc(-n3c4ccccc4c4c5c(sc6ccccc65)sc43)cc2)c1. The van der Waals surface area contributed by atoms with Crippen molar-refractivity contribution in [3.63, 3.8) is 0 Å². The van der Waals surface area contributed by atoms with Crippen molar-refractivity contribution in [3.8, 4) is 16.8 Å². The first-order valence-corrected chi connectivity index (χ1v) is 11.9. The van der Waals surface area contributed by atoms with Gasteiger partial charge in [-0.3, -0.25) is 4.98 Å². The molecule has 7 rings (SSSR count). The van der Waals surface area contributed by atoms with E-state index in [1.807, 2.05) is 41.1 Å². The Labute approximate surface area is 186 Å². The number of thiophene rings is 2. The van der Waals surface area contributed by atoms with Crippen molar-refractivity contribution in [2.24, 2.45) is 0 Å². The zero-order chi connectivity index (χ0) is 20.4. The van der Waals surface area contributed by atoms with Crippen molar-refractivity contribution in [1.82, 2.24) is 9.55 Å². The molecule has 0 atom stereocenters. The molecule has 0 N–H and O–H groups in total. The second kappa shape index (κ2) is 6.51. The average Bonchev–Trinajstić information content (AvgIpc) is 3.46. The third-order valence-corrected chi connectivity index (χ3v) is 8.39. The highest BCUT2D eigenvalue weighted by Gasteiger charge is 2.20. The van der Waals surface area contributed by atoms with Crippen LogP contribution >= 0.6 is 22.7 Å². The second-order valence-electron chi connectivity index (χ2n) is 7.68. The Hall–Kier alpha value is -3.47. The molecule has 0 unspecified atom stereocenters. The van der Waals surface area contributed by atoms with Gasteiger partial charge in [0, 0.05) is 44.3 Å². The second-order valence-corrected chi connectivity index (χ2v) is 9.99. The molecule has 0 saturated carbocycles. The molecule has 4 heterocycles. The molecule has 146 valence electrons. The molecule has 3 aromatic carbocycles. The first-order chi connectivity index (χ1) is 15.4. The van der Waals surface area contributed by atoms with Crippen LogP contribution in [0.1, 0.15) is 0 Å². The van der Waals surface area contributed by atoms with E-state index in [0.29, 0.717) is 0 Å². The fourth-order valence-electron chi connectivity index (χ4n) is 4.57. The summed E-state index contributed by atoms with van der Waals surface area (Å²) in [6, 6.07) is 30.5. The molecule has 0 spiro atoms. The Bertz CT molecular complexity index is 1720. The molecule has 4 aromatic heterocycles. The highest BCUT2D eigenvalue weighted by atomic mass is 32.2. The van der Waals surface area contributed by atoms with Crippen LogP contribution in [0, 0.1) is 0 Å². The Balaban J connectivity index is 1.53. The van der Waals surface area contributed by atoms with Gasteiger partial charge < -0.3 is 4.57 Å². The van der Waals surface area contributed by atoms with Gasteiger partial charge in [-0.25, -0.2) is 0 Å². The summed E-state index contributed by atoms with van der Waals surface area (Å²) < 4.78 is 5.19. The number of benzene rings is 3. The smallest absolute Gasteiger partial charge is 0.110 e. The van der Waals surface area contributed by atoms with Crippen molar-refractivity contribution in [2.75, 3.05) is 0 Å². The molecule has 0 aliphatic rings. The lowest BCUT2D eigenvalue weighted by molar-refractivity contribution is 1.19. The molecule has 0 amide bonds. The van der Waals surface area contributed by atoms with E-state index in [1.165, 1.54) is 51.9 Å². The number of nitrogens with zero attached hydrogens (tertiary/aromatic N) is 2. The van der Waals surface area contributed by atoms with Crippen LogP contribution in [-0.2, 0) is 0 Å². The number of hydrogen-bond donors (Lipinski definition) is 0. The Kier molecular flexibility index (Phi) is 3.62. The van der Waals surface area contributed by atoms with Crippen LogP contribution in [0.25, 0.3) is 57.4 Å². The zero-order valence-corrected chi connectivity index (χ0v) is 18.1. The predicted molar refractivity (Wildman–Crippen MR) is 135 cm³/mol. The van der Waals surface area contributed by atoms with Crippen LogP contribution in [0.15, 0.2) is 97.3 Å². The van der Waals surface area contributed by atoms with Gasteiger partial charge in [-0.1, -0.05) is 54.6 Å². The Morgan fingerprint density at radius 1 is 0.645 bits per heavy atom. The minimum absolute atomic E-state index is 1.14. The molecule has 2 nitrogen and oxygen atoms in total. The fraction of sp³-hybridized carbons (Fsp3) is 0. The lowest BCUT2D eigenvalue weighted by Gasteiger charge is -2.08. The van der Waals surface area contributed by atoms with Crippen LogP contribution < -0.4 is 0 Å². The summed E-state index contributed by atoms with van der Waals surface area (Å²) in [6.07, 6.45) is 3.73. The van der Waals surface area contributed by atoms with Crippen LogP contribution in [0.2, 0.25) is 0 Å². The molecular formula is C27H16N2S2. The minimum atomic E-state index is 1.14. The van der Waals surface area contributed by atoms with Crippen molar-refractivity contribution < 1.29 is 0 Å². The van der Waals surface area contributed by atoms with Crippen molar-refractivity contribution >= 4 is 63.3 Å². The van der Waals surface area contributed by atoms with E-state index in [1.54, 1.807) is 0 Å². The summed E-state index contributed by atoms with van der Waals surface area (Å²) in [4.78, 5) is 5.58. The van der Waals surface area contributed by atoms with Gasteiger partial charge in [0.05, 0.1) is 9.53 Å². The van der Waals surface area contributed by atoms with Crippen molar-refractivity contribution in [3.05, 3.63) is 97.3 Å². The molecule has 0 fully saturated rings. The third kappa shape index (κ3) is 2.46. The molecule has 0 aliphatic heterocycles. The number of rotatable bonds is 2. The quantitative estimate of drug-likeness (QED) is 0.269. The van der Waals surface area contributed by atoms with E-state index in [2.05, 4.69) is 88.4 Å². The number of pyridine rings is 1. The summed E-state index contributed by atoms with van der Waals surface area (Å²) >= 11 is 3.81. The molecule has 0 aliphatic carbocycles. The topological polar surface area (TPSA) is 17.8 Å². The van der Waals surface area contributed by atoms with Gasteiger partial charge in [0.2, 0.25) is 0 Å². The Morgan fingerprint density at radius 2 is 1.45 bits per heavy atom. The maximum absolute atomic E-state index is 4.26. The predicted octanol–water partition coefficient (Wildman–Crippen LogP) is 8.28. The average molecular weight is 433 g/mol. The lowest BCUT2D eigenvalue weighted by atomic mass is 10.1. The van der Waals surface area contributed by atoms with Gasteiger partial charge in [0.1, 0.15) is 4.83 Å². The number of hydrogen-bond acceptors (Lipinski definition) is 3. The first kappa shape index (κ1) is 17.2. The van der Waals surface area contributed by atoms with Crippen LogP contribution in [0.4, 0.5) is 0 Å². The van der Waals surface area contributed by atoms with Crippen molar-refractivity contribution in [2.45, 2.75) is 0 Å². The van der Waals surface area contributed by atoms with E-state index in [9.17, 15) is 0 Å². The molecule has 0 saturated heterocycles. The van der Waals surface area contributed by atoms with E-state index in [0.717, 1.165) is 5.56 Å². The minimum Gasteiger partial charge on any atom is -0.301 e. The standard InChI is InChI=1S/C27H16N2S2/c1-3-9-22-20(7-1)24-25-21-8-2-4-10-23(21)30-27(25)31-26(24)29(22)19-13-11-17(12-14-19)18-6-5-15-28-16-18/h1-16H. The summed E-state index contributed by atoms with van der Waals surface area (Å²) in [5.41, 5.74) is 4.77. The summed E-state index contributed by atoms with van der Waals surface area (Å²) in [6.45, 7) is 0. The number of fused-ring (bicyclic) bond motifs is 7. The van der Waals surface area contributed by atoms with Crippen LogP contribution in [0.3, 0.4) is 0 Å². The maximum atomic E-state index is 4.26. The molecular weight excluding hydrogens is 416 g/mol. The molecule has 0 bridgehead atoms. The normalized spacial score (nSPS) is 11.9. The summed E-state index contributed by atoms with van der Waals surface area (Å²) in [5.74, 6) is 0. The molecule has 4 heteroatoms. The van der Waals surface area contributed by atoms with E-state index in [-0.39, 0.29) is 0 Å². The lowest BCUT2D eigenvalue weighted by Crippen LogP contribution is -1.92. The molecule has 31 heavy (non-hydrogen) atoms. The van der Waals surface area contributed by atoms with Gasteiger partial charge in [-0.2, -0.15) is 0 Å². The van der Waals surface area contributed by atoms with E-state index in [4.69, 9.17) is 0 Å². The van der Waals surface area contributed by atoms with Crippen molar-refractivity contribution in [1.29, 1.82) is 0 Å². The monoisotopic (exact) mass is 432 g/mol. The first-order valence-electron chi connectivity index (χ1n) is 10.2. The molecule has 0 radical (unpaired) electrons. The highest BCUT2D eigenvalue weighted by molar-refractivity contribution is 7.44. The highest BCUT2D eigenvalue weighted by Crippen LogP contribution is 2.48.